The Bertz CT molecular complexity index is 546. The second-order valence-electron chi connectivity index (χ2n) is 3.41. The molecule has 88 valence electrons. The van der Waals surface area contributed by atoms with Gasteiger partial charge in [-0.15, -0.1) is 0 Å². The third kappa shape index (κ3) is 2.35. The zero-order valence-corrected chi connectivity index (χ0v) is 9.45. The van der Waals surface area contributed by atoms with Crippen molar-refractivity contribution in [3.05, 3.63) is 48.3 Å². The van der Waals surface area contributed by atoms with Crippen LogP contribution >= 0.6 is 0 Å². The highest BCUT2D eigenvalue weighted by Crippen LogP contribution is 2.31. The number of phenols is 1. The lowest BCUT2D eigenvalue weighted by atomic mass is 10.0. The van der Waals surface area contributed by atoms with Crippen LogP contribution in [0.1, 0.15) is 0 Å². The van der Waals surface area contributed by atoms with E-state index in [0.717, 1.165) is 0 Å². The van der Waals surface area contributed by atoms with Crippen LogP contribution in [0.4, 0.5) is 4.39 Å². The van der Waals surface area contributed by atoms with Gasteiger partial charge in [0.25, 0.3) is 0 Å². The van der Waals surface area contributed by atoms with Gasteiger partial charge in [-0.05, 0) is 29.8 Å². The van der Waals surface area contributed by atoms with E-state index in [0.29, 0.717) is 5.56 Å². The number of hydrogen-bond donors (Lipinski definition) is 2. The largest absolute Gasteiger partial charge is 0.507 e. The predicted molar refractivity (Wildman–Crippen MR) is 62.5 cm³/mol. The predicted octanol–water partition coefficient (Wildman–Crippen LogP) is 2.78. The molecule has 0 aliphatic heterocycles. The molecule has 0 saturated heterocycles. The van der Waals surface area contributed by atoms with Gasteiger partial charge < -0.3 is 9.66 Å². The molecule has 2 rings (SSSR count). The van der Waals surface area contributed by atoms with E-state index in [-0.39, 0.29) is 16.2 Å². The first-order valence-corrected chi connectivity index (χ1v) is 5.89. The lowest BCUT2D eigenvalue weighted by Crippen LogP contribution is -1.89. The minimum Gasteiger partial charge on any atom is -0.507 e. The summed E-state index contributed by atoms with van der Waals surface area (Å²) in [5.41, 5.74) is 0.539. The molecule has 2 aromatic rings. The van der Waals surface area contributed by atoms with E-state index in [1.807, 2.05) is 0 Å². The first-order chi connectivity index (χ1) is 8.09. The molecule has 0 spiro atoms. The van der Waals surface area contributed by atoms with Crippen molar-refractivity contribution >= 4 is 11.1 Å². The zero-order chi connectivity index (χ0) is 12.4. The maximum absolute atomic E-state index is 13.5. The summed E-state index contributed by atoms with van der Waals surface area (Å²) >= 11 is -2.06. The molecule has 0 fully saturated rings. The van der Waals surface area contributed by atoms with Crippen molar-refractivity contribution in [3.63, 3.8) is 0 Å². The molecule has 0 bridgehead atoms. The molecule has 2 aromatic carbocycles. The van der Waals surface area contributed by atoms with Gasteiger partial charge in [0, 0.05) is 0 Å². The molecule has 0 aliphatic rings. The minimum atomic E-state index is -2.06. The summed E-state index contributed by atoms with van der Waals surface area (Å²) in [6.07, 6.45) is 0. The van der Waals surface area contributed by atoms with Crippen LogP contribution in [0.25, 0.3) is 11.1 Å². The maximum atomic E-state index is 13.5. The monoisotopic (exact) mass is 252 g/mol. The smallest absolute Gasteiger partial charge is 0.186 e. The van der Waals surface area contributed by atoms with E-state index in [2.05, 4.69) is 0 Å². The zero-order valence-electron chi connectivity index (χ0n) is 8.63. The van der Waals surface area contributed by atoms with Crippen molar-refractivity contribution in [2.75, 3.05) is 0 Å². The molecule has 2 N–H and O–H groups in total. The number of benzene rings is 2. The fraction of sp³-hybridized carbons (Fsp3) is 0. The number of rotatable bonds is 2. The molecule has 0 saturated carbocycles. The topological polar surface area (TPSA) is 57.5 Å². The van der Waals surface area contributed by atoms with Gasteiger partial charge in [-0.3, -0.25) is 0 Å². The first-order valence-electron chi connectivity index (χ1n) is 4.78. The Labute approximate surface area is 99.8 Å². The molecule has 1 atom stereocenters. The van der Waals surface area contributed by atoms with Gasteiger partial charge in [0.15, 0.2) is 11.1 Å². The molecular formula is C12H9FO3S. The molecular weight excluding hydrogens is 243 g/mol. The van der Waals surface area contributed by atoms with E-state index in [4.69, 9.17) is 4.55 Å². The normalized spacial score (nSPS) is 12.4. The summed E-state index contributed by atoms with van der Waals surface area (Å²) in [7, 11) is 0. The van der Waals surface area contributed by atoms with Crippen LogP contribution in [0.3, 0.4) is 0 Å². The summed E-state index contributed by atoms with van der Waals surface area (Å²) in [6.45, 7) is 0. The third-order valence-corrected chi connectivity index (χ3v) is 3.01. The van der Waals surface area contributed by atoms with Crippen LogP contribution in [0.15, 0.2) is 47.4 Å². The lowest BCUT2D eigenvalue weighted by Gasteiger charge is -2.06. The van der Waals surface area contributed by atoms with E-state index < -0.39 is 16.9 Å². The highest BCUT2D eigenvalue weighted by molar-refractivity contribution is 7.79. The van der Waals surface area contributed by atoms with Gasteiger partial charge in [-0.25, -0.2) is 8.60 Å². The molecule has 0 heterocycles. The molecule has 0 radical (unpaired) electrons. The van der Waals surface area contributed by atoms with Gasteiger partial charge in [0.2, 0.25) is 0 Å². The van der Waals surface area contributed by atoms with Crippen LogP contribution in [0, 0.1) is 5.82 Å². The minimum absolute atomic E-state index is 0.0859. The standard InChI is InChI=1S/C12H9FO3S/c13-10-2-1-3-11(14)12(10)8-4-6-9(7-5-8)17(15)16/h1-7,14H,(H,15,16). The first kappa shape index (κ1) is 11.8. The summed E-state index contributed by atoms with van der Waals surface area (Å²) in [6, 6.07) is 9.84. The molecule has 0 aromatic heterocycles. The van der Waals surface area contributed by atoms with E-state index >= 15 is 0 Å². The summed E-state index contributed by atoms with van der Waals surface area (Å²) in [4.78, 5) is 0.226. The van der Waals surface area contributed by atoms with E-state index in [1.165, 1.54) is 42.5 Å². The summed E-state index contributed by atoms with van der Waals surface area (Å²) in [5.74, 6) is -0.703. The van der Waals surface area contributed by atoms with Gasteiger partial charge in [0.05, 0.1) is 10.5 Å². The summed E-state index contributed by atoms with van der Waals surface area (Å²) in [5, 5.41) is 9.57. The Morgan fingerprint density at radius 3 is 2.24 bits per heavy atom. The van der Waals surface area contributed by atoms with Crippen molar-refractivity contribution in [3.8, 4) is 16.9 Å². The Morgan fingerprint density at radius 2 is 1.71 bits per heavy atom. The average Bonchev–Trinajstić information content (AvgIpc) is 2.29. The van der Waals surface area contributed by atoms with Crippen molar-refractivity contribution in [1.29, 1.82) is 0 Å². The Morgan fingerprint density at radius 1 is 1.06 bits per heavy atom. The van der Waals surface area contributed by atoms with E-state index in [1.54, 1.807) is 0 Å². The molecule has 0 aliphatic carbocycles. The van der Waals surface area contributed by atoms with Crippen molar-refractivity contribution < 1.29 is 18.3 Å². The average molecular weight is 252 g/mol. The number of halogens is 1. The van der Waals surface area contributed by atoms with Crippen LogP contribution in [0.2, 0.25) is 0 Å². The summed E-state index contributed by atoms with van der Waals surface area (Å²) < 4.78 is 33.1. The Balaban J connectivity index is 2.50. The van der Waals surface area contributed by atoms with Crippen LogP contribution in [-0.2, 0) is 11.1 Å². The Hall–Kier alpha value is -1.72. The quantitative estimate of drug-likeness (QED) is 0.808. The molecule has 3 nitrogen and oxygen atoms in total. The third-order valence-electron chi connectivity index (χ3n) is 2.34. The second-order valence-corrected chi connectivity index (χ2v) is 4.38. The molecule has 5 heteroatoms. The van der Waals surface area contributed by atoms with Gasteiger partial charge in [0.1, 0.15) is 11.6 Å². The van der Waals surface area contributed by atoms with Crippen molar-refractivity contribution in [2.24, 2.45) is 0 Å². The second kappa shape index (κ2) is 4.65. The highest BCUT2D eigenvalue weighted by atomic mass is 32.2. The number of phenolic OH excluding ortho intramolecular Hbond substituents is 1. The van der Waals surface area contributed by atoms with Crippen LogP contribution in [0.5, 0.6) is 5.75 Å². The molecule has 17 heavy (non-hydrogen) atoms. The highest BCUT2D eigenvalue weighted by Gasteiger charge is 2.10. The van der Waals surface area contributed by atoms with Crippen molar-refractivity contribution in [1.82, 2.24) is 0 Å². The van der Waals surface area contributed by atoms with Gasteiger partial charge in [-0.1, -0.05) is 18.2 Å². The fourth-order valence-corrected chi connectivity index (χ4v) is 1.91. The maximum Gasteiger partial charge on any atom is 0.186 e. The number of hydrogen-bond acceptors (Lipinski definition) is 2. The fourth-order valence-electron chi connectivity index (χ4n) is 1.54. The van der Waals surface area contributed by atoms with Gasteiger partial charge in [-0.2, -0.15) is 0 Å². The molecule has 1 unspecified atom stereocenters. The number of aromatic hydroxyl groups is 1. The lowest BCUT2D eigenvalue weighted by molar-refractivity contribution is 0.472. The van der Waals surface area contributed by atoms with E-state index in [9.17, 15) is 13.7 Å². The SMILES string of the molecule is O=S(O)c1ccc(-c2c(O)cccc2F)cc1. The van der Waals surface area contributed by atoms with Crippen LogP contribution in [-0.4, -0.2) is 13.9 Å². The van der Waals surface area contributed by atoms with Crippen molar-refractivity contribution in [2.45, 2.75) is 4.90 Å². The van der Waals surface area contributed by atoms with Crippen LogP contribution < -0.4 is 0 Å². The van der Waals surface area contributed by atoms with Gasteiger partial charge >= 0.3 is 0 Å². The Kier molecular flexibility index (Phi) is 3.21. The molecule has 0 amide bonds.